The Morgan fingerprint density at radius 3 is 2.75 bits per heavy atom. The highest BCUT2D eigenvalue weighted by atomic mass is 16.2. The first-order chi connectivity index (χ1) is 13.6. The van der Waals surface area contributed by atoms with Gasteiger partial charge in [-0.25, -0.2) is 0 Å². The maximum absolute atomic E-state index is 12.6. The van der Waals surface area contributed by atoms with E-state index in [1.807, 2.05) is 66.6 Å². The molecule has 4 rings (SSSR count). The van der Waals surface area contributed by atoms with Crippen LogP contribution in [0.5, 0.6) is 0 Å². The molecule has 2 atom stereocenters. The highest BCUT2D eigenvalue weighted by molar-refractivity contribution is 5.89. The van der Waals surface area contributed by atoms with Crippen molar-refractivity contribution in [2.45, 2.75) is 25.8 Å². The fraction of sp³-hybridized carbons (Fsp3) is 0.304. The Bertz CT molecular complexity index is 980. The Morgan fingerprint density at radius 2 is 1.93 bits per heavy atom. The van der Waals surface area contributed by atoms with Gasteiger partial charge in [-0.1, -0.05) is 48.5 Å². The van der Waals surface area contributed by atoms with Gasteiger partial charge in [0.05, 0.1) is 12.0 Å². The zero-order valence-electron chi connectivity index (χ0n) is 16.0. The molecule has 28 heavy (non-hydrogen) atoms. The number of aromatic amines is 1. The summed E-state index contributed by atoms with van der Waals surface area (Å²) in [4.78, 5) is 30.1. The quantitative estimate of drug-likeness (QED) is 0.693. The molecule has 1 aromatic heterocycles. The molecule has 144 valence electrons. The molecule has 2 N–H and O–H groups in total. The molecule has 5 nitrogen and oxygen atoms in total. The minimum absolute atomic E-state index is 0.0160. The maximum Gasteiger partial charge on any atom is 0.225 e. The van der Waals surface area contributed by atoms with Crippen LogP contribution in [0.1, 0.15) is 30.5 Å². The Balaban J connectivity index is 1.32. The van der Waals surface area contributed by atoms with Gasteiger partial charge in [0.2, 0.25) is 11.8 Å². The molecule has 2 amide bonds. The van der Waals surface area contributed by atoms with Gasteiger partial charge in [-0.05, 0) is 30.5 Å². The third-order valence-corrected chi connectivity index (χ3v) is 5.65. The highest BCUT2D eigenvalue weighted by Gasteiger charge is 2.36. The third kappa shape index (κ3) is 3.65. The summed E-state index contributed by atoms with van der Waals surface area (Å²) in [6, 6.07) is 18.1. The second-order valence-corrected chi connectivity index (χ2v) is 7.43. The van der Waals surface area contributed by atoms with Gasteiger partial charge < -0.3 is 15.2 Å². The minimum Gasteiger partial charge on any atom is -0.361 e. The minimum atomic E-state index is -0.276. The number of likely N-dealkylation sites (tertiary alicyclic amines) is 1. The van der Waals surface area contributed by atoms with Crippen LogP contribution in [0.15, 0.2) is 60.8 Å². The lowest BCUT2D eigenvalue weighted by atomic mass is 10.1. The van der Waals surface area contributed by atoms with Gasteiger partial charge in [0, 0.05) is 36.6 Å². The molecule has 1 aliphatic rings. The lowest BCUT2D eigenvalue weighted by Gasteiger charge is -2.25. The maximum atomic E-state index is 12.6. The third-order valence-electron chi connectivity index (χ3n) is 5.65. The van der Waals surface area contributed by atoms with E-state index in [0.29, 0.717) is 13.1 Å². The molecule has 2 aromatic carbocycles. The van der Waals surface area contributed by atoms with Crippen molar-refractivity contribution >= 4 is 22.7 Å². The number of benzene rings is 2. The molecular formula is C23H25N3O2. The second kappa shape index (κ2) is 7.89. The van der Waals surface area contributed by atoms with Crippen LogP contribution in [0.25, 0.3) is 10.9 Å². The van der Waals surface area contributed by atoms with E-state index in [4.69, 9.17) is 0 Å². The van der Waals surface area contributed by atoms with E-state index in [0.717, 1.165) is 17.5 Å². The zero-order valence-corrected chi connectivity index (χ0v) is 16.0. The van der Waals surface area contributed by atoms with Crippen LogP contribution in [0.2, 0.25) is 0 Å². The van der Waals surface area contributed by atoms with Crippen molar-refractivity contribution in [3.63, 3.8) is 0 Å². The normalized spacial score (nSPS) is 17.8. The number of rotatable bonds is 6. The van der Waals surface area contributed by atoms with Crippen molar-refractivity contribution in [2.75, 3.05) is 13.1 Å². The summed E-state index contributed by atoms with van der Waals surface area (Å²) in [7, 11) is 0. The number of aromatic nitrogens is 1. The molecule has 3 aromatic rings. The molecule has 5 heteroatoms. The first-order valence-corrected chi connectivity index (χ1v) is 9.80. The summed E-state index contributed by atoms with van der Waals surface area (Å²) >= 11 is 0. The molecule has 0 aliphatic carbocycles. The van der Waals surface area contributed by atoms with E-state index in [9.17, 15) is 9.59 Å². The number of carbonyl (C=O) groups excluding carboxylic acids is 2. The number of carbonyl (C=O) groups is 2. The van der Waals surface area contributed by atoms with Crippen LogP contribution < -0.4 is 5.32 Å². The number of fused-ring (bicyclic) bond motifs is 1. The molecule has 1 fully saturated rings. The zero-order chi connectivity index (χ0) is 19.5. The fourth-order valence-electron chi connectivity index (χ4n) is 4.00. The summed E-state index contributed by atoms with van der Waals surface area (Å²) in [6.45, 7) is 3.07. The Morgan fingerprint density at radius 1 is 1.18 bits per heavy atom. The number of hydrogen-bond acceptors (Lipinski definition) is 2. The number of hydrogen-bond donors (Lipinski definition) is 2. The van der Waals surface area contributed by atoms with Gasteiger partial charge in [0.15, 0.2) is 0 Å². The largest absolute Gasteiger partial charge is 0.361 e. The van der Waals surface area contributed by atoms with Crippen molar-refractivity contribution in [3.8, 4) is 0 Å². The number of nitrogens with zero attached hydrogens (tertiary/aromatic N) is 1. The van der Waals surface area contributed by atoms with Crippen molar-refractivity contribution < 1.29 is 9.59 Å². The van der Waals surface area contributed by atoms with E-state index in [2.05, 4.69) is 16.4 Å². The Labute approximate surface area is 164 Å². The van der Waals surface area contributed by atoms with Gasteiger partial charge in [-0.15, -0.1) is 0 Å². The lowest BCUT2D eigenvalue weighted by molar-refractivity contribution is -0.130. The van der Waals surface area contributed by atoms with Gasteiger partial charge >= 0.3 is 0 Å². The second-order valence-electron chi connectivity index (χ2n) is 7.43. The summed E-state index contributed by atoms with van der Waals surface area (Å²) in [5, 5.41) is 4.21. The molecule has 0 bridgehead atoms. The van der Waals surface area contributed by atoms with Crippen molar-refractivity contribution in [3.05, 3.63) is 71.9 Å². The van der Waals surface area contributed by atoms with Gasteiger partial charge in [-0.2, -0.15) is 0 Å². The number of H-pyrrole nitrogens is 1. The predicted octanol–water partition coefficient (Wildman–Crippen LogP) is 3.44. The number of nitrogens with one attached hydrogen (secondary N) is 2. The SMILES string of the molecule is CC(c1ccccc1)N1CC(C(=O)NCCc2c[nH]c3ccccc23)CC1=O. The van der Waals surface area contributed by atoms with Gasteiger partial charge in [-0.3, -0.25) is 9.59 Å². The topological polar surface area (TPSA) is 65.2 Å². The summed E-state index contributed by atoms with van der Waals surface area (Å²) in [5.41, 5.74) is 3.39. The molecule has 2 heterocycles. The highest BCUT2D eigenvalue weighted by Crippen LogP contribution is 2.28. The van der Waals surface area contributed by atoms with E-state index in [1.165, 1.54) is 10.9 Å². The first kappa shape index (κ1) is 18.3. The smallest absolute Gasteiger partial charge is 0.225 e. The summed E-state index contributed by atoms with van der Waals surface area (Å²) in [6.07, 6.45) is 3.05. The summed E-state index contributed by atoms with van der Waals surface area (Å²) in [5.74, 6) is -0.259. The Kier molecular flexibility index (Phi) is 5.15. The predicted molar refractivity (Wildman–Crippen MR) is 110 cm³/mol. The number of amides is 2. The van der Waals surface area contributed by atoms with Crippen LogP contribution in [-0.4, -0.2) is 34.8 Å². The van der Waals surface area contributed by atoms with Crippen molar-refractivity contribution in [1.82, 2.24) is 15.2 Å². The van der Waals surface area contributed by atoms with Crippen LogP contribution in [0, 0.1) is 5.92 Å². The van der Waals surface area contributed by atoms with Gasteiger partial charge in [0.25, 0.3) is 0 Å². The molecule has 1 saturated heterocycles. The van der Waals surface area contributed by atoms with Gasteiger partial charge in [0.1, 0.15) is 0 Å². The first-order valence-electron chi connectivity index (χ1n) is 9.80. The Hall–Kier alpha value is -3.08. The molecule has 0 saturated carbocycles. The molecular weight excluding hydrogens is 350 g/mol. The monoisotopic (exact) mass is 375 g/mol. The van der Waals surface area contributed by atoms with Crippen LogP contribution in [0.3, 0.4) is 0 Å². The number of para-hydroxylation sites is 1. The van der Waals surface area contributed by atoms with E-state index < -0.39 is 0 Å². The lowest BCUT2D eigenvalue weighted by Crippen LogP contribution is -2.34. The van der Waals surface area contributed by atoms with Crippen LogP contribution >= 0.6 is 0 Å². The van der Waals surface area contributed by atoms with Crippen molar-refractivity contribution in [2.24, 2.45) is 5.92 Å². The van der Waals surface area contributed by atoms with Crippen molar-refractivity contribution in [1.29, 1.82) is 0 Å². The van der Waals surface area contributed by atoms with E-state index in [-0.39, 0.29) is 30.2 Å². The van der Waals surface area contributed by atoms with E-state index >= 15 is 0 Å². The molecule has 1 aliphatic heterocycles. The summed E-state index contributed by atoms with van der Waals surface area (Å²) < 4.78 is 0. The standard InChI is InChI=1S/C23H25N3O2/c1-16(17-7-3-2-4-8-17)26-15-19(13-22(26)27)23(28)24-12-11-18-14-25-21-10-6-5-9-20(18)21/h2-10,14,16,19,25H,11-13,15H2,1H3,(H,24,28). The van der Waals surface area contributed by atoms with Crippen LogP contribution in [-0.2, 0) is 16.0 Å². The molecule has 0 radical (unpaired) electrons. The molecule has 0 spiro atoms. The van der Waals surface area contributed by atoms with E-state index in [1.54, 1.807) is 0 Å². The average molecular weight is 375 g/mol. The van der Waals surface area contributed by atoms with Crippen LogP contribution in [0.4, 0.5) is 0 Å². The fourth-order valence-corrected chi connectivity index (χ4v) is 4.00. The molecule has 2 unspecified atom stereocenters. The average Bonchev–Trinajstić information content (AvgIpc) is 3.32.